The molecule has 2 heterocycles. The second-order valence-electron chi connectivity index (χ2n) is 5.38. The van der Waals surface area contributed by atoms with Crippen molar-refractivity contribution in [1.29, 1.82) is 0 Å². The third-order valence-corrected chi connectivity index (χ3v) is 4.83. The number of aromatic nitrogens is 1. The average Bonchev–Trinajstić information content (AvgIpc) is 2.52. The van der Waals surface area contributed by atoms with Crippen LogP contribution in [0.5, 0.6) is 0 Å². The van der Waals surface area contributed by atoms with Crippen molar-refractivity contribution in [1.82, 2.24) is 15.2 Å². The summed E-state index contributed by atoms with van der Waals surface area (Å²) in [7, 11) is 0. The monoisotopic (exact) mass is 345 g/mol. The minimum atomic E-state index is -0.124. The largest absolute Gasteiger partial charge is 0.379 e. The minimum Gasteiger partial charge on any atom is -0.379 e. The summed E-state index contributed by atoms with van der Waals surface area (Å²) in [6, 6.07) is 5.76. The summed E-state index contributed by atoms with van der Waals surface area (Å²) in [5.74, 6) is 0.328. The normalized spacial score (nSPS) is 16.9. The molecule has 1 aliphatic heterocycles. The van der Waals surface area contributed by atoms with Crippen molar-refractivity contribution >= 4 is 30.1 Å². The van der Waals surface area contributed by atoms with Crippen LogP contribution in [0.4, 0.5) is 0 Å². The minimum absolute atomic E-state index is 0. The Bertz CT molecular complexity index is 442. The molecule has 0 aliphatic carbocycles. The number of ether oxygens (including phenoxy) is 1. The Morgan fingerprint density at radius 1 is 1.41 bits per heavy atom. The fourth-order valence-corrected chi connectivity index (χ4v) is 3.09. The first kappa shape index (κ1) is 19.2. The van der Waals surface area contributed by atoms with Gasteiger partial charge in [-0.05, 0) is 18.1 Å². The lowest BCUT2D eigenvalue weighted by atomic mass is 10.1. The topological polar surface area (TPSA) is 54.5 Å². The molecule has 0 spiro atoms. The van der Waals surface area contributed by atoms with Gasteiger partial charge in [-0.2, -0.15) is 0 Å². The van der Waals surface area contributed by atoms with Crippen LogP contribution in [0.1, 0.15) is 13.8 Å². The highest BCUT2D eigenvalue weighted by Gasteiger charge is 2.24. The molecule has 1 unspecified atom stereocenters. The Balaban J connectivity index is 0.00000242. The SMILES string of the molecule is CC(C)C(Sc1ccccn1)C(=O)NCN1CCOCC1.Cl. The molecule has 1 N–H and O–H groups in total. The van der Waals surface area contributed by atoms with Gasteiger partial charge in [0.05, 0.1) is 30.2 Å². The van der Waals surface area contributed by atoms with Crippen LogP contribution in [-0.2, 0) is 9.53 Å². The molecule has 2 rings (SSSR count). The Morgan fingerprint density at radius 3 is 2.73 bits per heavy atom. The zero-order valence-corrected chi connectivity index (χ0v) is 14.7. The number of nitrogens with zero attached hydrogens (tertiary/aromatic N) is 2. The van der Waals surface area contributed by atoms with E-state index in [-0.39, 0.29) is 29.5 Å². The molecular formula is C15H24ClN3O2S. The molecule has 1 aromatic heterocycles. The van der Waals surface area contributed by atoms with E-state index in [4.69, 9.17) is 4.74 Å². The Labute approximate surface area is 142 Å². The first-order valence-electron chi connectivity index (χ1n) is 7.32. The number of nitrogens with one attached hydrogen (secondary N) is 1. The van der Waals surface area contributed by atoms with Gasteiger partial charge in [-0.25, -0.2) is 4.98 Å². The van der Waals surface area contributed by atoms with Crippen molar-refractivity contribution in [2.24, 2.45) is 5.92 Å². The van der Waals surface area contributed by atoms with E-state index in [9.17, 15) is 4.79 Å². The van der Waals surface area contributed by atoms with Crippen LogP contribution in [0, 0.1) is 5.92 Å². The molecule has 0 radical (unpaired) electrons. The molecule has 0 aromatic carbocycles. The van der Waals surface area contributed by atoms with Crippen LogP contribution in [0.15, 0.2) is 29.4 Å². The highest BCUT2D eigenvalue weighted by molar-refractivity contribution is 8.00. The van der Waals surface area contributed by atoms with Crippen molar-refractivity contribution in [2.75, 3.05) is 33.0 Å². The van der Waals surface area contributed by atoms with E-state index in [2.05, 4.69) is 29.0 Å². The number of hydrogen-bond acceptors (Lipinski definition) is 5. The third-order valence-electron chi connectivity index (χ3n) is 3.33. The average molecular weight is 346 g/mol. The van der Waals surface area contributed by atoms with Crippen molar-refractivity contribution in [3.05, 3.63) is 24.4 Å². The van der Waals surface area contributed by atoms with E-state index in [1.165, 1.54) is 11.8 Å². The number of carbonyl (C=O) groups is 1. The van der Waals surface area contributed by atoms with E-state index in [1.807, 2.05) is 18.2 Å². The van der Waals surface area contributed by atoms with Crippen LogP contribution in [0.2, 0.25) is 0 Å². The number of carbonyl (C=O) groups excluding carboxylic acids is 1. The molecule has 0 bridgehead atoms. The lowest BCUT2D eigenvalue weighted by molar-refractivity contribution is -0.122. The first-order valence-corrected chi connectivity index (χ1v) is 8.20. The van der Waals surface area contributed by atoms with E-state index in [0.717, 1.165) is 31.3 Å². The van der Waals surface area contributed by atoms with Crippen LogP contribution in [-0.4, -0.2) is 54.0 Å². The second-order valence-corrected chi connectivity index (χ2v) is 6.54. The Hall–Kier alpha value is -0.820. The molecule has 1 aliphatic rings. The molecule has 0 saturated carbocycles. The summed E-state index contributed by atoms with van der Waals surface area (Å²) in [5, 5.41) is 3.80. The number of rotatable bonds is 6. The molecule has 1 saturated heterocycles. The number of hydrogen-bond donors (Lipinski definition) is 1. The predicted octanol–water partition coefficient (Wildman–Crippen LogP) is 2.03. The van der Waals surface area contributed by atoms with Crippen molar-refractivity contribution in [2.45, 2.75) is 24.1 Å². The van der Waals surface area contributed by atoms with Crippen molar-refractivity contribution in [3.8, 4) is 0 Å². The van der Waals surface area contributed by atoms with Gasteiger partial charge in [0, 0.05) is 19.3 Å². The van der Waals surface area contributed by atoms with Crippen molar-refractivity contribution in [3.63, 3.8) is 0 Å². The molecule has 7 heteroatoms. The maximum Gasteiger partial charge on any atom is 0.234 e. The summed E-state index contributed by atoms with van der Waals surface area (Å²) < 4.78 is 5.30. The smallest absolute Gasteiger partial charge is 0.234 e. The van der Waals surface area contributed by atoms with Crippen molar-refractivity contribution < 1.29 is 9.53 Å². The molecule has 22 heavy (non-hydrogen) atoms. The molecule has 1 fully saturated rings. The zero-order chi connectivity index (χ0) is 15.1. The second kappa shape index (κ2) is 10.0. The van der Waals surface area contributed by atoms with Gasteiger partial charge in [-0.1, -0.05) is 31.7 Å². The summed E-state index contributed by atoms with van der Waals surface area (Å²) in [4.78, 5) is 18.9. The van der Waals surface area contributed by atoms with Gasteiger partial charge < -0.3 is 10.1 Å². The van der Waals surface area contributed by atoms with Crippen LogP contribution in [0.3, 0.4) is 0 Å². The van der Waals surface area contributed by atoms with E-state index in [1.54, 1.807) is 6.20 Å². The third kappa shape index (κ3) is 6.12. The highest BCUT2D eigenvalue weighted by Crippen LogP contribution is 2.26. The van der Waals surface area contributed by atoms with Gasteiger partial charge in [0.1, 0.15) is 0 Å². The lowest BCUT2D eigenvalue weighted by Gasteiger charge is -2.28. The molecular weight excluding hydrogens is 322 g/mol. The number of pyridine rings is 1. The fraction of sp³-hybridized carbons (Fsp3) is 0.600. The standard InChI is InChI=1S/C15H23N3O2S.ClH/c1-12(2)14(21-13-5-3-4-6-16-13)15(19)17-11-18-7-9-20-10-8-18;/h3-6,12,14H,7-11H2,1-2H3,(H,17,19);1H. The lowest BCUT2D eigenvalue weighted by Crippen LogP contribution is -2.46. The molecule has 124 valence electrons. The quantitative estimate of drug-likeness (QED) is 0.799. The Kier molecular flexibility index (Phi) is 8.78. The van der Waals surface area contributed by atoms with Gasteiger partial charge in [0.2, 0.25) is 5.91 Å². The first-order chi connectivity index (χ1) is 10.2. The van der Waals surface area contributed by atoms with E-state index < -0.39 is 0 Å². The van der Waals surface area contributed by atoms with Gasteiger partial charge in [0.25, 0.3) is 0 Å². The van der Waals surface area contributed by atoms with Gasteiger partial charge >= 0.3 is 0 Å². The van der Waals surface area contributed by atoms with Crippen LogP contribution in [0.25, 0.3) is 0 Å². The van der Waals surface area contributed by atoms with Crippen LogP contribution < -0.4 is 5.32 Å². The number of amides is 1. The predicted molar refractivity (Wildman–Crippen MR) is 91.4 cm³/mol. The maximum atomic E-state index is 12.4. The fourth-order valence-electron chi connectivity index (χ4n) is 2.09. The van der Waals surface area contributed by atoms with Gasteiger partial charge in [-0.15, -0.1) is 12.4 Å². The number of thioether (sulfide) groups is 1. The number of morpholine rings is 1. The number of halogens is 1. The summed E-state index contributed by atoms with van der Waals surface area (Å²) in [6.07, 6.45) is 1.76. The molecule has 1 amide bonds. The highest BCUT2D eigenvalue weighted by atomic mass is 35.5. The zero-order valence-electron chi connectivity index (χ0n) is 13.0. The summed E-state index contributed by atoms with van der Waals surface area (Å²) in [6.45, 7) is 7.95. The van der Waals surface area contributed by atoms with Gasteiger partial charge in [-0.3, -0.25) is 9.69 Å². The maximum absolute atomic E-state index is 12.4. The molecule has 1 atom stereocenters. The summed E-state index contributed by atoms with van der Waals surface area (Å²) >= 11 is 1.53. The molecule has 5 nitrogen and oxygen atoms in total. The van der Waals surface area contributed by atoms with E-state index in [0.29, 0.717) is 6.67 Å². The Morgan fingerprint density at radius 2 is 2.14 bits per heavy atom. The summed E-state index contributed by atoms with van der Waals surface area (Å²) in [5.41, 5.74) is 0. The molecule has 1 aromatic rings. The van der Waals surface area contributed by atoms with Crippen LogP contribution >= 0.6 is 24.2 Å². The van der Waals surface area contributed by atoms with E-state index >= 15 is 0 Å². The van der Waals surface area contributed by atoms with Gasteiger partial charge in [0.15, 0.2) is 0 Å².